The number of carbonyl (C=O) groups excluding carboxylic acids is 2. The molecule has 2 aliphatic rings. The fourth-order valence-corrected chi connectivity index (χ4v) is 1.86. The van der Waals surface area contributed by atoms with Crippen LogP contribution in [0.2, 0.25) is 0 Å². The number of β-lactam (4-membered cyclic amide) rings is 1. The van der Waals surface area contributed by atoms with Gasteiger partial charge in [0.05, 0.1) is 6.42 Å². The SMILES string of the molecule is COC1C(=C(C)OC(C)=O)O[C@@H]2CC(=O)N12. The van der Waals surface area contributed by atoms with E-state index in [1.165, 1.54) is 18.9 Å². The second-order valence-electron chi connectivity index (χ2n) is 3.68. The van der Waals surface area contributed by atoms with E-state index in [0.29, 0.717) is 17.9 Å². The van der Waals surface area contributed by atoms with Gasteiger partial charge in [-0.05, 0) is 6.92 Å². The van der Waals surface area contributed by atoms with Crippen molar-refractivity contribution in [2.24, 2.45) is 0 Å². The summed E-state index contributed by atoms with van der Waals surface area (Å²) in [7, 11) is 1.48. The molecule has 2 heterocycles. The predicted molar refractivity (Wildman–Crippen MR) is 51.6 cm³/mol. The van der Waals surface area contributed by atoms with Crippen molar-refractivity contribution in [2.45, 2.75) is 32.7 Å². The lowest BCUT2D eigenvalue weighted by Gasteiger charge is -2.33. The van der Waals surface area contributed by atoms with Crippen molar-refractivity contribution in [3.05, 3.63) is 11.5 Å². The normalized spacial score (nSPS) is 30.4. The topological polar surface area (TPSA) is 65.1 Å². The van der Waals surface area contributed by atoms with Crippen molar-refractivity contribution in [1.82, 2.24) is 4.90 Å². The molecule has 0 saturated carbocycles. The van der Waals surface area contributed by atoms with Crippen LogP contribution in [0.4, 0.5) is 0 Å². The zero-order chi connectivity index (χ0) is 11.9. The lowest BCUT2D eigenvalue weighted by atomic mass is 10.2. The molecular formula is C10H13NO5. The van der Waals surface area contributed by atoms with Gasteiger partial charge in [-0.3, -0.25) is 14.5 Å². The van der Waals surface area contributed by atoms with Crippen molar-refractivity contribution >= 4 is 11.9 Å². The first-order valence-electron chi connectivity index (χ1n) is 4.94. The number of carbonyl (C=O) groups is 2. The van der Waals surface area contributed by atoms with E-state index >= 15 is 0 Å². The van der Waals surface area contributed by atoms with Gasteiger partial charge in [0.15, 0.2) is 18.2 Å². The Hall–Kier alpha value is -1.56. The summed E-state index contributed by atoms with van der Waals surface area (Å²) in [5, 5.41) is 0. The van der Waals surface area contributed by atoms with Crippen LogP contribution >= 0.6 is 0 Å². The van der Waals surface area contributed by atoms with E-state index in [1.807, 2.05) is 0 Å². The maximum absolute atomic E-state index is 11.3. The number of hydrogen-bond donors (Lipinski definition) is 0. The molecule has 2 rings (SSSR count). The van der Waals surface area contributed by atoms with Gasteiger partial charge < -0.3 is 14.2 Å². The molecule has 0 N–H and O–H groups in total. The summed E-state index contributed by atoms with van der Waals surface area (Å²) in [6.45, 7) is 2.92. The molecule has 1 amide bonds. The molecule has 6 heteroatoms. The van der Waals surface area contributed by atoms with E-state index in [4.69, 9.17) is 14.2 Å². The molecule has 2 atom stereocenters. The molecule has 0 bridgehead atoms. The largest absolute Gasteiger partial charge is 0.466 e. The molecule has 2 saturated heterocycles. The van der Waals surface area contributed by atoms with Gasteiger partial charge in [-0.25, -0.2) is 0 Å². The molecule has 0 aromatic heterocycles. The van der Waals surface area contributed by atoms with Gasteiger partial charge in [0.25, 0.3) is 0 Å². The molecule has 2 aliphatic heterocycles. The monoisotopic (exact) mass is 227 g/mol. The first-order valence-corrected chi connectivity index (χ1v) is 4.94. The lowest BCUT2D eigenvalue weighted by Crippen LogP contribution is -2.53. The second kappa shape index (κ2) is 3.79. The van der Waals surface area contributed by atoms with Crippen molar-refractivity contribution < 1.29 is 23.8 Å². The maximum atomic E-state index is 11.3. The Kier molecular flexibility index (Phi) is 2.59. The summed E-state index contributed by atoms with van der Waals surface area (Å²) < 4.78 is 15.6. The number of hydrogen-bond acceptors (Lipinski definition) is 5. The first-order chi connectivity index (χ1) is 7.54. The number of rotatable bonds is 2. The Morgan fingerprint density at radius 1 is 1.50 bits per heavy atom. The number of fused-ring (bicyclic) bond motifs is 1. The van der Waals surface area contributed by atoms with Crippen molar-refractivity contribution in [2.75, 3.05) is 7.11 Å². The minimum absolute atomic E-state index is 0.0255. The molecule has 16 heavy (non-hydrogen) atoms. The molecule has 0 aliphatic carbocycles. The summed E-state index contributed by atoms with van der Waals surface area (Å²) in [6.07, 6.45) is -0.514. The van der Waals surface area contributed by atoms with Crippen molar-refractivity contribution in [3.8, 4) is 0 Å². The summed E-state index contributed by atoms with van der Waals surface area (Å²) in [4.78, 5) is 23.6. The average molecular weight is 227 g/mol. The molecule has 2 fully saturated rings. The van der Waals surface area contributed by atoms with Crippen LogP contribution in [0.3, 0.4) is 0 Å². The quantitative estimate of drug-likeness (QED) is 0.386. The third-order valence-corrected chi connectivity index (χ3v) is 2.55. The standard InChI is InChI=1S/C10H13NO5/c1-5(15-6(2)12)9-10(14-3)11-7(13)4-8(11)16-9/h8,10H,4H2,1-3H3/t8-,10?/m1/s1. The fourth-order valence-electron chi connectivity index (χ4n) is 1.86. The van der Waals surface area contributed by atoms with Gasteiger partial charge >= 0.3 is 5.97 Å². The van der Waals surface area contributed by atoms with Crippen LogP contribution < -0.4 is 0 Å². The second-order valence-corrected chi connectivity index (χ2v) is 3.68. The molecule has 1 unspecified atom stereocenters. The van der Waals surface area contributed by atoms with Crippen molar-refractivity contribution in [3.63, 3.8) is 0 Å². The van der Waals surface area contributed by atoms with Crippen LogP contribution in [0.5, 0.6) is 0 Å². The number of allylic oxidation sites excluding steroid dienone is 1. The zero-order valence-electron chi connectivity index (χ0n) is 9.35. The van der Waals surface area contributed by atoms with Crippen LogP contribution in [0.25, 0.3) is 0 Å². The first kappa shape index (κ1) is 10.9. The van der Waals surface area contributed by atoms with Crippen LogP contribution in [-0.4, -0.2) is 36.3 Å². The molecule has 0 aromatic rings. The summed E-state index contributed by atoms with van der Waals surface area (Å²) in [6, 6.07) is 0. The number of esters is 1. The smallest absolute Gasteiger partial charge is 0.307 e. The van der Waals surface area contributed by atoms with Gasteiger partial charge in [-0.2, -0.15) is 0 Å². The zero-order valence-corrected chi connectivity index (χ0v) is 9.35. The van der Waals surface area contributed by atoms with E-state index in [2.05, 4.69) is 0 Å². The molecule has 0 spiro atoms. The maximum Gasteiger partial charge on any atom is 0.307 e. The summed E-state index contributed by atoms with van der Waals surface area (Å²) >= 11 is 0. The fraction of sp³-hybridized carbons (Fsp3) is 0.600. The van der Waals surface area contributed by atoms with Gasteiger partial charge in [0.2, 0.25) is 5.91 Å². The molecule has 6 nitrogen and oxygen atoms in total. The minimum atomic E-state index is -0.578. The Bertz CT molecular complexity index is 375. The Labute approximate surface area is 92.7 Å². The third kappa shape index (κ3) is 1.55. The highest BCUT2D eigenvalue weighted by Gasteiger charge is 2.52. The highest BCUT2D eigenvalue weighted by molar-refractivity contribution is 5.83. The van der Waals surface area contributed by atoms with E-state index in [-0.39, 0.29) is 12.1 Å². The molecule has 0 aromatic carbocycles. The van der Waals surface area contributed by atoms with Gasteiger partial charge in [-0.1, -0.05) is 0 Å². The third-order valence-electron chi connectivity index (χ3n) is 2.55. The van der Waals surface area contributed by atoms with Crippen LogP contribution in [0.15, 0.2) is 11.5 Å². The van der Waals surface area contributed by atoms with Gasteiger partial charge in [0, 0.05) is 14.0 Å². The van der Waals surface area contributed by atoms with Gasteiger partial charge in [0.1, 0.15) is 5.76 Å². The molecule has 0 radical (unpaired) electrons. The average Bonchev–Trinajstić information content (AvgIpc) is 2.49. The van der Waals surface area contributed by atoms with Crippen LogP contribution in [0, 0.1) is 0 Å². The Morgan fingerprint density at radius 3 is 2.69 bits per heavy atom. The van der Waals surface area contributed by atoms with E-state index < -0.39 is 12.2 Å². The number of methoxy groups -OCH3 is 1. The number of nitrogens with zero attached hydrogens (tertiary/aromatic N) is 1. The lowest BCUT2D eigenvalue weighted by molar-refractivity contribution is -0.165. The van der Waals surface area contributed by atoms with E-state index in [0.717, 1.165) is 0 Å². The van der Waals surface area contributed by atoms with Gasteiger partial charge in [-0.15, -0.1) is 0 Å². The number of ether oxygens (including phenoxy) is 3. The summed E-state index contributed by atoms with van der Waals surface area (Å²) in [5.74, 6) is 0.279. The van der Waals surface area contributed by atoms with E-state index in [1.54, 1.807) is 6.92 Å². The highest BCUT2D eigenvalue weighted by atomic mass is 16.6. The molecular weight excluding hydrogens is 214 g/mol. The van der Waals surface area contributed by atoms with Crippen LogP contribution in [-0.2, 0) is 23.8 Å². The minimum Gasteiger partial charge on any atom is -0.466 e. The Balaban J connectivity index is 2.22. The molecule has 88 valence electrons. The predicted octanol–water partition coefficient (Wildman–Crippen LogP) is 0.342. The number of amides is 1. The van der Waals surface area contributed by atoms with E-state index in [9.17, 15) is 9.59 Å². The summed E-state index contributed by atoms with van der Waals surface area (Å²) in [5.41, 5.74) is 0. The van der Waals surface area contributed by atoms with Crippen LogP contribution in [0.1, 0.15) is 20.3 Å². The highest BCUT2D eigenvalue weighted by Crippen LogP contribution is 2.37. The van der Waals surface area contributed by atoms with Crippen molar-refractivity contribution in [1.29, 1.82) is 0 Å². The Morgan fingerprint density at radius 2 is 2.19 bits per heavy atom.